The van der Waals surface area contributed by atoms with Gasteiger partial charge in [0.15, 0.2) is 5.69 Å². The molecule has 0 radical (unpaired) electrons. The lowest BCUT2D eigenvalue weighted by Crippen LogP contribution is -2.69. The number of H-pyrrole nitrogens is 1. The fourth-order valence-electron chi connectivity index (χ4n) is 4.22. The number of amides is 1. The number of aromatic amines is 1. The van der Waals surface area contributed by atoms with Crippen molar-refractivity contribution in [3.8, 4) is 0 Å². The monoisotopic (exact) mass is 298 g/mol. The lowest BCUT2D eigenvalue weighted by atomic mass is 9.72. The summed E-state index contributed by atoms with van der Waals surface area (Å²) in [6.07, 6.45) is 2.35. The molecule has 2 bridgehead atoms. The molecule has 1 atom stereocenters. The van der Waals surface area contributed by atoms with Crippen molar-refractivity contribution < 1.29 is 4.79 Å². The maximum absolute atomic E-state index is 12.7. The van der Waals surface area contributed by atoms with Crippen molar-refractivity contribution in [2.75, 3.05) is 13.1 Å². The Balaban J connectivity index is 1.62. The molecular weight excluding hydrogens is 276 g/mol. The average Bonchev–Trinajstić information content (AvgIpc) is 2.95. The molecule has 3 fully saturated rings. The van der Waals surface area contributed by atoms with E-state index in [1.54, 1.807) is 0 Å². The lowest BCUT2D eigenvalue weighted by Gasteiger charge is -2.56. The summed E-state index contributed by atoms with van der Waals surface area (Å²) in [5.41, 5.74) is 1.42. The highest BCUT2D eigenvalue weighted by Gasteiger charge is 2.48. The normalized spacial score (nSPS) is 29.6. The maximum Gasteiger partial charge on any atom is 0.272 e. The van der Waals surface area contributed by atoms with Crippen molar-refractivity contribution in [1.29, 1.82) is 0 Å². The standard InChI is InChI=1S/C17H22N4O/c1-17(2)15(11-7-9-21(17)10-8-11)18-16(22)14-12-5-3-4-6-13(12)19-20-14/h3-6,11,15H,7-10H2,1-2H3,(H,18,22)(H,19,20)/t15-/m1/s1. The summed E-state index contributed by atoms with van der Waals surface area (Å²) in [4.78, 5) is 15.2. The van der Waals surface area contributed by atoms with Crippen LogP contribution >= 0.6 is 0 Å². The Kier molecular flexibility index (Phi) is 3.01. The Morgan fingerprint density at radius 1 is 1.32 bits per heavy atom. The third-order valence-electron chi connectivity index (χ3n) is 5.56. The first-order valence-corrected chi connectivity index (χ1v) is 8.06. The van der Waals surface area contributed by atoms with Crippen LogP contribution in [0.4, 0.5) is 0 Å². The van der Waals surface area contributed by atoms with Gasteiger partial charge in [0, 0.05) is 17.0 Å². The predicted molar refractivity (Wildman–Crippen MR) is 85.7 cm³/mol. The van der Waals surface area contributed by atoms with Gasteiger partial charge in [-0.25, -0.2) is 0 Å². The van der Waals surface area contributed by atoms with Gasteiger partial charge in [-0.15, -0.1) is 0 Å². The van der Waals surface area contributed by atoms with Gasteiger partial charge in [0.25, 0.3) is 5.91 Å². The van der Waals surface area contributed by atoms with Crippen molar-refractivity contribution in [3.63, 3.8) is 0 Å². The van der Waals surface area contributed by atoms with E-state index in [9.17, 15) is 4.79 Å². The van der Waals surface area contributed by atoms with Crippen molar-refractivity contribution in [2.24, 2.45) is 5.92 Å². The summed E-state index contributed by atoms with van der Waals surface area (Å²) >= 11 is 0. The van der Waals surface area contributed by atoms with E-state index >= 15 is 0 Å². The highest BCUT2D eigenvalue weighted by Crippen LogP contribution is 2.39. The van der Waals surface area contributed by atoms with E-state index in [1.165, 1.54) is 12.8 Å². The molecule has 5 rings (SSSR count). The van der Waals surface area contributed by atoms with Gasteiger partial charge in [-0.1, -0.05) is 18.2 Å². The smallest absolute Gasteiger partial charge is 0.272 e. The van der Waals surface area contributed by atoms with Crippen LogP contribution in [0.1, 0.15) is 37.2 Å². The van der Waals surface area contributed by atoms with E-state index in [0.717, 1.165) is 24.0 Å². The third-order valence-corrected chi connectivity index (χ3v) is 5.56. The van der Waals surface area contributed by atoms with Crippen LogP contribution in [-0.4, -0.2) is 45.7 Å². The molecule has 0 unspecified atom stereocenters. The van der Waals surface area contributed by atoms with E-state index in [4.69, 9.17) is 0 Å². The Bertz CT molecular complexity index is 712. The van der Waals surface area contributed by atoms with Crippen LogP contribution < -0.4 is 5.32 Å². The molecule has 3 saturated heterocycles. The molecule has 3 aliphatic heterocycles. The second-order valence-electron chi connectivity index (χ2n) is 7.05. The van der Waals surface area contributed by atoms with Crippen molar-refractivity contribution in [3.05, 3.63) is 30.0 Å². The van der Waals surface area contributed by atoms with Gasteiger partial charge in [0.05, 0.1) is 5.52 Å². The number of rotatable bonds is 2. The minimum Gasteiger partial charge on any atom is -0.346 e. The number of benzene rings is 1. The van der Waals surface area contributed by atoms with Crippen LogP contribution in [-0.2, 0) is 0 Å². The van der Waals surface area contributed by atoms with Crippen LogP contribution in [0, 0.1) is 5.92 Å². The highest BCUT2D eigenvalue weighted by atomic mass is 16.2. The van der Waals surface area contributed by atoms with Crippen LogP contribution in [0.3, 0.4) is 0 Å². The lowest BCUT2D eigenvalue weighted by molar-refractivity contribution is -0.0378. The maximum atomic E-state index is 12.7. The van der Waals surface area contributed by atoms with Gasteiger partial charge < -0.3 is 5.32 Å². The molecule has 1 aromatic carbocycles. The zero-order valence-corrected chi connectivity index (χ0v) is 13.1. The SMILES string of the molecule is CC1(C)[C@H](NC(=O)c2n[nH]c3ccccc23)C2CCN1CC2. The number of carbonyl (C=O) groups excluding carboxylic acids is 1. The van der Waals surface area contributed by atoms with Gasteiger partial charge in [0.2, 0.25) is 0 Å². The highest BCUT2D eigenvalue weighted by molar-refractivity contribution is 6.04. The Morgan fingerprint density at radius 3 is 2.77 bits per heavy atom. The minimum atomic E-state index is -0.0655. The first-order valence-electron chi connectivity index (χ1n) is 8.06. The number of para-hydroxylation sites is 1. The third kappa shape index (κ3) is 1.96. The molecule has 2 aromatic rings. The number of hydrogen-bond donors (Lipinski definition) is 2. The van der Waals surface area contributed by atoms with Gasteiger partial charge in [-0.05, 0) is 51.8 Å². The summed E-state index contributed by atoms with van der Waals surface area (Å²) in [7, 11) is 0. The van der Waals surface area contributed by atoms with Crippen molar-refractivity contribution >= 4 is 16.8 Å². The second kappa shape index (κ2) is 4.81. The number of carbonyl (C=O) groups is 1. The van der Waals surface area contributed by atoms with E-state index in [-0.39, 0.29) is 17.5 Å². The number of piperidine rings is 3. The van der Waals surface area contributed by atoms with E-state index < -0.39 is 0 Å². The number of fused-ring (bicyclic) bond motifs is 4. The quantitative estimate of drug-likeness (QED) is 0.893. The average molecular weight is 298 g/mol. The van der Waals surface area contributed by atoms with Gasteiger partial charge >= 0.3 is 0 Å². The Morgan fingerprint density at radius 2 is 2.05 bits per heavy atom. The molecule has 1 amide bonds. The number of nitrogens with one attached hydrogen (secondary N) is 2. The van der Waals surface area contributed by atoms with Crippen LogP contribution in [0.5, 0.6) is 0 Å². The number of nitrogens with zero attached hydrogens (tertiary/aromatic N) is 2. The summed E-state index contributed by atoms with van der Waals surface area (Å²) in [5.74, 6) is 0.512. The zero-order chi connectivity index (χ0) is 15.3. The Labute approximate surface area is 130 Å². The topological polar surface area (TPSA) is 61.0 Å². The zero-order valence-electron chi connectivity index (χ0n) is 13.1. The molecule has 5 heteroatoms. The van der Waals surface area contributed by atoms with Crippen LogP contribution in [0.15, 0.2) is 24.3 Å². The van der Waals surface area contributed by atoms with Crippen molar-refractivity contribution in [1.82, 2.24) is 20.4 Å². The summed E-state index contributed by atoms with van der Waals surface area (Å²) in [6, 6.07) is 7.95. The number of aromatic nitrogens is 2. The molecule has 22 heavy (non-hydrogen) atoms. The van der Waals surface area contributed by atoms with Gasteiger partial charge in [0.1, 0.15) is 0 Å². The largest absolute Gasteiger partial charge is 0.346 e. The fraction of sp³-hybridized carbons (Fsp3) is 0.529. The van der Waals surface area contributed by atoms with Gasteiger partial charge in [-0.2, -0.15) is 5.10 Å². The van der Waals surface area contributed by atoms with Crippen LogP contribution in [0.25, 0.3) is 10.9 Å². The molecule has 0 spiro atoms. The minimum absolute atomic E-state index is 0.0168. The number of hydrogen-bond acceptors (Lipinski definition) is 3. The van der Waals surface area contributed by atoms with Gasteiger partial charge in [-0.3, -0.25) is 14.8 Å². The predicted octanol–water partition coefficient (Wildman–Crippen LogP) is 2.17. The molecule has 0 saturated carbocycles. The second-order valence-corrected chi connectivity index (χ2v) is 7.05. The summed E-state index contributed by atoms with van der Waals surface area (Å²) in [6.45, 7) is 6.78. The van der Waals surface area contributed by atoms with E-state index in [1.807, 2.05) is 24.3 Å². The molecule has 2 N–H and O–H groups in total. The van der Waals surface area contributed by atoms with Crippen molar-refractivity contribution in [2.45, 2.75) is 38.3 Å². The molecule has 4 heterocycles. The Hall–Kier alpha value is -1.88. The first kappa shape index (κ1) is 13.8. The summed E-state index contributed by atoms with van der Waals surface area (Å²) < 4.78 is 0. The van der Waals surface area contributed by atoms with Crippen LogP contribution in [0.2, 0.25) is 0 Å². The molecule has 116 valence electrons. The molecule has 0 aliphatic carbocycles. The molecule has 1 aromatic heterocycles. The fourth-order valence-corrected chi connectivity index (χ4v) is 4.22. The first-order chi connectivity index (χ1) is 10.6. The molecular formula is C17H22N4O. The van der Waals surface area contributed by atoms with E-state index in [2.05, 4.69) is 34.3 Å². The molecule has 3 aliphatic rings. The molecule has 5 nitrogen and oxygen atoms in total. The van der Waals surface area contributed by atoms with E-state index in [0.29, 0.717) is 11.6 Å². The summed E-state index contributed by atoms with van der Waals surface area (Å²) in [5, 5.41) is 11.3.